The van der Waals surface area contributed by atoms with Gasteiger partial charge >= 0.3 is 6.03 Å². The normalized spacial score (nSPS) is 19.3. The number of primary amides is 1. The first-order valence-electron chi connectivity index (χ1n) is 10.6. The van der Waals surface area contributed by atoms with Gasteiger partial charge < -0.3 is 21.7 Å². The van der Waals surface area contributed by atoms with E-state index in [1.165, 1.54) is 5.56 Å². The third-order valence-electron chi connectivity index (χ3n) is 5.60. The standard InChI is InChI=1S/C23H27N7O2/c1-15-4-6-16(7-5-15)14-30-21(24)20(13-26-30)27-18-9-8-17(12-19(18)28-23(25)32)22(31)29-10-2-3-11-29/h4-9,12-13,17H,2-3,10-11,14,24H2,1H3,(H3,25,28,32). The lowest BCUT2D eigenvalue weighted by Gasteiger charge is -2.22. The van der Waals surface area contributed by atoms with Crippen molar-refractivity contribution in [2.75, 3.05) is 18.8 Å². The van der Waals surface area contributed by atoms with Gasteiger partial charge in [0.2, 0.25) is 5.91 Å². The van der Waals surface area contributed by atoms with Crippen LogP contribution in [0.1, 0.15) is 24.0 Å². The lowest BCUT2D eigenvalue weighted by molar-refractivity contribution is -0.131. The summed E-state index contributed by atoms with van der Waals surface area (Å²) in [6.07, 6.45) is 8.76. The fraction of sp³-hybridized carbons (Fsp3) is 0.304. The monoisotopic (exact) mass is 433 g/mol. The maximum Gasteiger partial charge on any atom is 0.316 e. The highest BCUT2D eigenvalue weighted by Crippen LogP contribution is 2.26. The number of benzene rings is 1. The Morgan fingerprint density at radius 2 is 1.94 bits per heavy atom. The van der Waals surface area contributed by atoms with Crippen LogP contribution in [0.5, 0.6) is 0 Å². The molecule has 0 spiro atoms. The van der Waals surface area contributed by atoms with Crippen molar-refractivity contribution in [1.82, 2.24) is 20.0 Å². The van der Waals surface area contributed by atoms with Crippen LogP contribution in [-0.2, 0) is 11.3 Å². The number of aryl methyl sites for hydroxylation is 1. The predicted octanol–water partition coefficient (Wildman–Crippen LogP) is 2.26. The van der Waals surface area contributed by atoms with E-state index in [4.69, 9.17) is 11.5 Å². The SMILES string of the molecule is Cc1ccc(Cn2ncc(N=C3C=CC(C(=O)N4CCCC4)C=C3NC(N)=O)c2N)cc1. The number of nitrogen functional groups attached to an aromatic ring is 1. The Hall–Kier alpha value is -3.88. The number of allylic oxidation sites excluding steroid dienone is 1. The van der Waals surface area contributed by atoms with Gasteiger partial charge in [0.05, 0.1) is 30.1 Å². The van der Waals surface area contributed by atoms with Crippen LogP contribution >= 0.6 is 0 Å². The molecule has 32 heavy (non-hydrogen) atoms. The molecule has 2 heterocycles. The minimum absolute atomic E-state index is 0.00648. The first-order chi connectivity index (χ1) is 15.4. The number of nitrogens with zero attached hydrogens (tertiary/aromatic N) is 4. The summed E-state index contributed by atoms with van der Waals surface area (Å²) in [5, 5.41) is 6.93. The number of hydrogen-bond acceptors (Lipinski definition) is 5. The smallest absolute Gasteiger partial charge is 0.316 e. The Morgan fingerprint density at radius 1 is 1.22 bits per heavy atom. The fourth-order valence-corrected chi connectivity index (χ4v) is 3.84. The molecule has 1 aliphatic heterocycles. The number of urea groups is 1. The van der Waals surface area contributed by atoms with Crippen molar-refractivity contribution >= 4 is 29.2 Å². The maximum absolute atomic E-state index is 12.8. The summed E-state index contributed by atoms with van der Waals surface area (Å²) in [7, 11) is 0. The number of carbonyl (C=O) groups excluding carboxylic acids is 2. The molecule has 2 aliphatic rings. The van der Waals surface area contributed by atoms with Crippen molar-refractivity contribution in [1.29, 1.82) is 0 Å². The molecule has 1 aromatic heterocycles. The molecular weight excluding hydrogens is 406 g/mol. The summed E-state index contributed by atoms with van der Waals surface area (Å²) in [6.45, 7) is 4.06. The lowest BCUT2D eigenvalue weighted by Crippen LogP contribution is -2.37. The van der Waals surface area contributed by atoms with Crippen molar-refractivity contribution in [2.24, 2.45) is 16.6 Å². The van der Waals surface area contributed by atoms with Crippen LogP contribution in [0.4, 0.5) is 16.3 Å². The fourth-order valence-electron chi connectivity index (χ4n) is 3.84. The highest BCUT2D eigenvalue weighted by atomic mass is 16.2. The van der Waals surface area contributed by atoms with Crippen LogP contribution < -0.4 is 16.8 Å². The Bertz CT molecular complexity index is 1110. The molecule has 3 amide bonds. The molecule has 166 valence electrons. The van der Waals surface area contributed by atoms with E-state index in [0.717, 1.165) is 31.5 Å². The molecular formula is C23H27N7O2. The van der Waals surface area contributed by atoms with E-state index >= 15 is 0 Å². The van der Waals surface area contributed by atoms with Crippen LogP contribution in [0.2, 0.25) is 0 Å². The maximum atomic E-state index is 12.8. The molecule has 9 heteroatoms. The van der Waals surface area contributed by atoms with Gasteiger partial charge in [-0.15, -0.1) is 0 Å². The highest BCUT2D eigenvalue weighted by molar-refractivity contribution is 6.13. The van der Waals surface area contributed by atoms with Crippen LogP contribution in [0, 0.1) is 12.8 Å². The number of anilines is 1. The molecule has 9 nitrogen and oxygen atoms in total. The number of rotatable bonds is 5. The zero-order valence-corrected chi connectivity index (χ0v) is 18.0. The van der Waals surface area contributed by atoms with Gasteiger partial charge in [0.1, 0.15) is 11.5 Å². The molecule has 2 aromatic rings. The topological polar surface area (TPSA) is 132 Å². The minimum atomic E-state index is -0.727. The molecule has 0 radical (unpaired) electrons. The number of aromatic nitrogens is 2. The highest BCUT2D eigenvalue weighted by Gasteiger charge is 2.27. The van der Waals surface area contributed by atoms with Gasteiger partial charge in [-0.05, 0) is 37.5 Å². The van der Waals surface area contributed by atoms with E-state index in [9.17, 15) is 9.59 Å². The van der Waals surface area contributed by atoms with Crippen molar-refractivity contribution in [3.63, 3.8) is 0 Å². The summed E-state index contributed by atoms with van der Waals surface area (Å²) >= 11 is 0. The van der Waals surface area contributed by atoms with Gasteiger partial charge in [0.25, 0.3) is 0 Å². The first kappa shape index (κ1) is 21.4. The van der Waals surface area contributed by atoms with Crippen LogP contribution in [0.15, 0.2) is 59.4 Å². The quantitative estimate of drug-likeness (QED) is 0.667. The molecule has 0 saturated carbocycles. The number of hydrogen-bond donors (Lipinski definition) is 3. The van der Waals surface area contributed by atoms with E-state index in [2.05, 4.69) is 15.4 Å². The molecule has 1 aromatic carbocycles. The number of aliphatic imine (C=N–C) groups is 1. The van der Waals surface area contributed by atoms with Crippen LogP contribution in [0.25, 0.3) is 0 Å². The van der Waals surface area contributed by atoms with Gasteiger partial charge in [-0.25, -0.2) is 14.5 Å². The second-order valence-electron chi connectivity index (χ2n) is 8.04. The summed E-state index contributed by atoms with van der Waals surface area (Å²) in [5.74, 6) is -0.0670. The van der Waals surface area contributed by atoms with Crippen molar-refractivity contribution in [3.05, 3.63) is 65.5 Å². The molecule has 1 fully saturated rings. The number of nitrogens with two attached hydrogens (primary N) is 2. The third kappa shape index (κ3) is 4.72. The Kier molecular flexibility index (Phi) is 6.07. The number of amides is 3. The van der Waals surface area contributed by atoms with E-state index < -0.39 is 11.9 Å². The van der Waals surface area contributed by atoms with E-state index in [1.807, 2.05) is 36.1 Å². The molecule has 1 atom stereocenters. The second-order valence-corrected chi connectivity index (χ2v) is 8.04. The largest absolute Gasteiger partial charge is 0.382 e. The lowest BCUT2D eigenvalue weighted by atomic mass is 9.98. The third-order valence-corrected chi connectivity index (χ3v) is 5.60. The average Bonchev–Trinajstić information content (AvgIpc) is 3.42. The molecule has 1 saturated heterocycles. The van der Waals surface area contributed by atoms with Gasteiger partial charge in [-0.2, -0.15) is 5.10 Å². The van der Waals surface area contributed by atoms with Crippen molar-refractivity contribution < 1.29 is 9.59 Å². The van der Waals surface area contributed by atoms with E-state index in [1.54, 1.807) is 29.1 Å². The van der Waals surface area contributed by atoms with Crippen LogP contribution in [-0.4, -0.2) is 45.4 Å². The molecule has 5 N–H and O–H groups in total. The predicted molar refractivity (Wildman–Crippen MR) is 123 cm³/mol. The van der Waals surface area contributed by atoms with Gasteiger partial charge in [-0.1, -0.05) is 35.9 Å². The Labute approximate surface area is 186 Å². The van der Waals surface area contributed by atoms with Gasteiger partial charge in [0, 0.05) is 13.1 Å². The zero-order valence-electron chi connectivity index (χ0n) is 18.0. The first-order valence-corrected chi connectivity index (χ1v) is 10.6. The number of likely N-dealkylation sites (tertiary alicyclic amines) is 1. The number of nitrogens with one attached hydrogen (secondary N) is 1. The van der Waals surface area contributed by atoms with Crippen molar-refractivity contribution in [2.45, 2.75) is 26.3 Å². The van der Waals surface area contributed by atoms with Crippen LogP contribution in [0.3, 0.4) is 0 Å². The molecule has 4 rings (SSSR count). The van der Waals surface area contributed by atoms with E-state index in [0.29, 0.717) is 29.5 Å². The van der Waals surface area contributed by atoms with Gasteiger partial charge in [-0.3, -0.25) is 4.79 Å². The summed E-state index contributed by atoms with van der Waals surface area (Å²) in [6, 6.07) is 7.40. The Morgan fingerprint density at radius 3 is 2.62 bits per heavy atom. The van der Waals surface area contributed by atoms with Crippen molar-refractivity contribution in [3.8, 4) is 0 Å². The minimum Gasteiger partial charge on any atom is -0.382 e. The summed E-state index contributed by atoms with van der Waals surface area (Å²) < 4.78 is 1.67. The molecule has 1 unspecified atom stereocenters. The van der Waals surface area contributed by atoms with Gasteiger partial charge in [0.15, 0.2) is 0 Å². The van der Waals surface area contributed by atoms with E-state index in [-0.39, 0.29) is 5.91 Å². The average molecular weight is 434 g/mol. The Balaban J connectivity index is 1.57. The molecule has 1 aliphatic carbocycles. The summed E-state index contributed by atoms with van der Waals surface area (Å²) in [4.78, 5) is 30.7. The molecule has 0 bridgehead atoms. The zero-order chi connectivity index (χ0) is 22.7. The second kappa shape index (κ2) is 9.09. The summed E-state index contributed by atoms with van der Waals surface area (Å²) in [5.41, 5.74) is 15.2. The number of carbonyl (C=O) groups is 2.